The second kappa shape index (κ2) is 4.23. The summed E-state index contributed by atoms with van der Waals surface area (Å²) in [6.45, 7) is 1.82. The molecule has 0 unspecified atom stereocenters. The fourth-order valence-electron chi connectivity index (χ4n) is 0.765. The minimum absolute atomic E-state index is 0.630. The quantitative estimate of drug-likeness (QED) is 0.655. The Kier molecular flexibility index (Phi) is 2.95. The van der Waals surface area contributed by atoms with Gasteiger partial charge in [-0.3, -0.25) is 15.0 Å². The normalized spacial score (nSPS) is 12.2. The van der Waals surface area contributed by atoms with Gasteiger partial charge < -0.3 is 5.73 Å². The lowest BCUT2D eigenvalue weighted by molar-refractivity contribution is 1.16. The van der Waals surface area contributed by atoms with Gasteiger partial charge in [-0.05, 0) is 6.92 Å². The Labute approximate surface area is 70.9 Å². The zero-order chi connectivity index (χ0) is 8.81. The molecule has 1 aromatic rings. The molecule has 0 atom stereocenters. The van der Waals surface area contributed by atoms with Gasteiger partial charge in [0.25, 0.3) is 0 Å². The third kappa shape index (κ3) is 1.88. The first-order chi connectivity index (χ1) is 5.88. The van der Waals surface area contributed by atoms with Gasteiger partial charge in [-0.25, -0.2) is 0 Å². The molecule has 1 aromatic heterocycles. The van der Waals surface area contributed by atoms with Crippen LogP contribution in [0.15, 0.2) is 29.8 Å². The smallest absolute Gasteiger partial charge is 0.108 e. The second-order valence-electron chi connectivity index (χ2n) is 2.03. The van der Waals surface area contributed by atoms with E-state index in [1.165, 1.54) is 6.20 Å². The van der Waals surface area contributed by atoms with E-state index in [0.29, 0.717) is 11.4 Å². The molecule has 0 saturated heterocycles. The van der Waals surface area contributed by atoms with Crippen LogP contribution in [0, 0.1) is 0 Å². The molecule has 0 spiro atoms. The van der Waals surface area contributed by atoms with E-state index in [9.17, 15) is 0 Å². The number of hydrogen-bond donors (Lipinski definition) is 1. The summed E-state index contributed by atoms with van der Waals surface area (Å²) in [5.74, 6) is 0. The summed E-state index contributed by atoms with van der Waals surface area (Å²) in [4.78, 5) is 12.0. The van der Waals surface area contributed by atoms with Crippen LogP contribution in [0.2, 0.25) is 0 Å². The van der Waals surface area contributed by atoms with Crippen molar-refractivity contribution in [1.29, 1.82) is 0 Å². The highest BCUT2D eigenvalue weighted by atomic mass is 14.8. The van der Waals surface area contributed by atoms with E-state index in [1.807, 2.05) is 6.92 Å². The molecular weight excluding hydrogens is 152 g/mol. The summed E-state index contributed by atoms with van der Waals surface area (Å²) < 4.78 is 0. The fourth-order valence-corrected chi connectivity index (χ4v) is 0.765. The molecule has 4 nitrogen and oxygen atoms in total. The summed E-state index contributed by atoms with van der Waals surface area (Å²) in [6.07, 6.45) is 7.89. The predicted molar refractivity (Wildman–Crippen MR) is 48.4 cm³/mol. The Bertz CT molecular complexity index is 289. The lowest BCUT2D eigenvalue weighted by Gasteiger charge is -1.96. The van der Waals surface area contributed by atoms with Crippen molar-refractivity contribution in [2.24, 2.45) is 10.7 Å². The Morgan fingerprint density at radius 3 is 2.92 bits per heavy atom. The average molecular weight is 162 g/mol. The summed E-state index contributed by atoms with van der Waals surface area (Å²) in [7, 11) is 0. The molecule has 0 bridgehead atoms. The first kappa shape index (κ1) is 8.39. The van der Waals surface area contributed by atoms with Gasteiger partial charge in [-0.2, -0.15) is 0 Å². The maximum absolute atomic E-state index is 5.35. The Balaban J connectivity index is 2.97. The van der Waals surface area contributed by atoms with Crippen LogP contribution in [0.25, 0.3) is 5.70 Å². The molecule has 0 aliphatic carbocycles. The van der Waals surface area contributed by atoms with Gasteiger partial charge >= 0.3 is 0 Å². The molecule has 62 valence electrons. The predicted octanol–water partition coefficient (Wildman–Crippen LogP) is 0.824. The molecule has 0 aliphatic heterocycles. The number of aromatic nitrogens is 2. The monoisotopic (exact) mass is 162 g/mol. The third-order valence-electron chi connectivity index (χ3n) is 1.25. The summed E-state index contributed by atoms with van der Waals surface area (Å²) in [6, 6.07) is 0. The molecule has 0 aromatic carbocycles. The lowest BCUT2D eigenvalue weighted by atomic mass is 10.3. The minimum atomic E-state index is 0.630. The maximum Gasteiger partial charge on any atom is 0.108 e. The van der Waals surface area contributed by atoms with E-state index in [4.69, 9.17) is 5.73 Å². The van der Waals surface area contributed by atoms with Gasteiger partial charge in [0.1, 0.15) is 11.4 Å². The van der Waals surface area contributed by atoms with Crippen LogP contribution in [0.3, 0.4) is 0 Å². The van der Waals surface area contributed by atoms with Gasteiger partial charge in [0.2, 0.25) is 0 Å². The Morgan fingerprint density at radius 1 is 1.58 bits per heavy atom. The van der Waals surface area contributed by atoms with Crippen molar-refractivity contribution in [3.05, 3.63) is 30.5 Å². The number of rotatable bonds is 2. The number of hydrogen-bond acceptors (Lipinski definition) is 4. The lowest BCUT2D eigenvalue weighted by Crippen LogP contribution is -1.91. The van der Waals surface area contributed by atoms with Gasteiger partial charge in [0, 0.05) is 24.8 Å². The highest BCUT2D eigenvalue weighted by Gasteiger charge is 1.97. The van der Waals surface area contributed by atoms with Crippen molar-refractivity contribution in [3.8, 4) is 0 Å². The van der Waals surface area contributed by atoms with E-state index in [2.05, 4.69) is 15.0 Å². The van der Waals surface area contributed by atoms with Crippen molar-refractivity contribution < 1.29 is 0 Å². The second-order valence-corrected chi connectivity index (χ2v) is 2.03. The molecule has 4 heteroatoms. The van der Waals surface area contributed by atoms with Crippen molar-refractivity contribution in [2.75, 3.05) is 0 Å². The van der Waals surface area contributed by atoms with Gasteiger partial charge in [0.05, 0.1) is 6.20 Å². The summed E-state index contributed by atoms with van der Waals surface area (Å²) >= 11 is 0. The van der Waals surface area contributed by atoms with Crippen LogP contribution in [-0.2, 0) is 0 Å². The van der Waals surface area contributed by atoms with Crippen LogP contribution in [-0.4, -0.2) is 16.2 Å². The van der Waals surface area contributed by atoms with Crippen molar-refractivity contribution in [3.63, 3.8) is 0 Å². The van der Waals surface area contributed by atoms with Crippen molar-refractivity contribution in [1.82, 2.24) is 9.97 Å². The van der Waals surface area contributed by atoms with E-state index in [1.54, 1.807) is 24.8 Å². The molecule has 0 aliphatic rings. The maximum atomic E-state index is 5.35. The standard InChI is InChI=1S/C8H10N4/c1-2-11-7(5-9)8-6-10-3-4-12-8/h2-6H,9H2,1H3/b7-5-,11-2-. The van der Waals surface area contributed by atoms with Gasteiger partial charge in [-0.15, -0.1) is 0 Å². The highest BCUT2D eigenvalue weighted by molar-refractivity contribution is 5.70. The number of nitrogens with two attached hydrogens (primary N) is 1. The first-order valence-corrected chi connectivity index (χ1v) is 3.55. The molecule has 0 saturated carbocycles. The molecule has 1 rings (SSSR count). The minimum Gasteiger partial charge on any atom is -0.403 e. The van der Waals surface area contributed by atoms with Crippen LogP contribution >= 0.6 is 0 Å². The molecule has 0 amide bonds. The van der Waals surface area contributed by atoms with Crippen LogP contribution < -0.4 is 5.73 Å². The van der Waals surface area contributed by atoms with Gasteiger partial charge in [0.15, 0.2) is 0 Å². The van der Waals surface area contributed by atoms with E-state index < -0.39 is 0 Å². The molecule has 2 N–H and O–H groups in total. The topological polar surface area (TPSA) is 64.2 Å². The molecule has 1 heterocycles. The van der Waals surface area contributed by atoms with E-state index in [0.717, 1.165) is 0 Å². The zero-order valence-corrected chi connectivity index (χ0v) is 6.81. The third-order valence-corrected chi connectivity index (χ3v) is 1.25. The molecule has 12 heavy (non-hydrogen) atoms. The van der Waals surface area contributed by atoms with Crippen LogP contribution in [0.1, 0.15) is 12.6 Å². The summed E-state index contributed by atoms with van der Waals surface area (Å²) in [5.41, 5.74) is 6.66. The van der Waals surface area contributed by atoms with E-state index >= 15 is 0 Å². The van der Waals surface area contributed by atoms with Crippen LogP contribution in [0.4, 0.5) is 0 Å². The summed E-state index contributed by atoms with van der Waals surface area (Å²) in [5, 5.41) is 0. The average Bonchev–Trinajstić information content (AvgIpc) is 2.15. The van der Waals surface area contributed by atoms with Crippen LogP contribution in [0.5, 0.6) is 0 Å². The molecule has 0 fully saturated rings. The van der Waals surface area contributed by atoms with Gasteiger partial charge in [-0.1, -0.05) is 0 Å². The fraction of sp³-hybridized carbons (Fsp3) is 0.125. The first-order valence-electron chi connectivity index (χ1n) is 3.55. The zero-order valence-electron chi connectivity index (χ0n) is 6.81. The van der Waals surface area contributed by atoms with E-state index in [-0.39, 0.29) is 0 Å². The van der Waals surface area contributed by atoms with Crippen molar-refractivity contribution >= 4 is 11.9 Å². The highest BCUT2D eigenvalue weighted by Crippen LogP contribution is 2.08. The molecular formula is C8H10N4. The SMILES string of the molecule is C/C=N\C(=C/N)c1cnccn1. The molecule has 0 radical (unpaired) electrons. The number of nitrogens with zero attached hydrogens (tertiary/aromatic N) is 3. The Morgan fingerprint density at radius 2 is 2.42 bits per heavy atom. The number of aliphatic imine (C=N–C) groups is 1. The largest absolute Gasteiger partial charge is 0.403 e. The Hall–Kier alpha value is -1.71. The van der Waals surface area contributed by atoms with Crippen molar-refractivity contribution in [2.45, 2.75) is 6.92 Å².